The van der Waals surface area contributed by atoms with Crippen LogP contribution in [0, 0.1) is 0 Å². The van der Waals surface area contributed by atoms with E-state index in [2.05, 4.69) is 17.2 Å². The van der Waals surface area contributed by atoms with E-state index in [1.54, 1.807) is 11.6 Å². The van der Waals surface area contributed by atoms with Crippen LogP contribution in [0.25, 0.3) is 11.5 Å². The van der Waals surface area contributed by atoms with Crippen LogP contribution >= 0.6 is 7.29 Å². The predicted octanol–water partition coefficient (Wildman–Crippen LogP) is 5.31. The zero-order chi connectivity index (χ0) is 17.7. The van der Waals surface area contributed by atoms with Crippen LogP contribution in [0.1, 0.15) is 24.5 Å². The zero-order valence-corrected chi connectivity index (χ0v) is 15.0. The second kappa shape index (κ2) is 7.56. The number of nitrogens with one attached hydrogen (secondary N) is 2. The maximum absolute atomic E-state index is 13.4. The smallest absolute Gasteiger partial charge is 0.214 e. The van der Waals surface area contributed by atoms with Crippen LogP contribution in [0.15, 0.2) is 84.6 Å². The highest BCUT2D eigenvalue weighted by atomic mass is 31.2. The molecule has 4 nitrogen and oxygen atoms in total. The molecule has 0 aliphatic carbocycles. The summed E-state index contributed by atoms with van der Waals surface area (Å²) in [5.74, 6) is 4.43. The Kier molecular flexibility index (Phi) is 5.22. The van der Waals surface area contributed by atoms with Gasteiger partial charge in [-0.05, 0) is 6.42 Å². The van der Waals surface area contributed by atoms with Gasteiger partial charge in [0.05, 0.1) is 0 Å². The molecule has 3 rings (SSSR count). The van der Waals surface area contributed by atoms with Crippen molar-refractivity contribution in [3.05, 3.63) is 95.7 Å². The zero-order valence-electron chi connectivity index (χ0n) is 14.1. The highest BCUT2D eigenvalue weighted by Crippen LogP contribution is 2.52. The van der Waals surface area contributed by atoms with E-state index in [4.69, 9.17) is 4.74 Å². The van der Waals surface area contributed by atoms with Crippen LogP contribution in [0.5, 0.6) is 0 Å². The van der Waals surface area contributed by atoms with Crippen molar-refractivity contribution in [3.63, 3.8) is 0 Å². The van der Waals surface area contributed by atoms with Gasteiger partial charge in [-0.25, -0.2) is 0 Å². The lowest BCUT2D eigenvalue weighted by atomic mass is 10.2. The summed E-state index contributed by atoms with van der Waals surface area (Å²) in [6.07, 6.45) is 0.744. The van der Waals surface area contributed by atoms with Crippen LogP contribution in [0.4, 0.5) is 0 Å². The maximum Gasteiger partial charge on any atom is 0.214 e. The molecule has 0 unspecified atom stereocenters. The Morgan fingerprint density at radius 1 is 0.960 bits per heavy atom. The lowest BCUT2D eigenvalue weighted by Crippen LogP contribution is -2.27. The lowest BCUT2D eigenvalue weighted by Gasteiger charge is -2.24. The Morgan fingerprint density at radius 3 is 1.88 bits per heavy atom. The third kappa shape index (κ3) is 4.30. The van der Waals surface area contributed by atoms with E-state index in [9.17, 15) is 4.57 Å². The second-order valence-electron chi connectivity index (χ2n) is 5.72. The molecule has 0 atom stereocenters. The van der Waals surface area contributed by atoms with Gasteiger partial charge in [-0.1, -0.05) is 74.2 Å². The second-order valence-corrected chi connectivity index (χ2v) is 7.88. The number of ether oxygens (including phenoxy) is 1. The quantitative estimate of drug-likeness (QED) is 0.546. The summed E-state index contributed by atoms with van der Waals surface area (Å²) in [6.45, 7) is 5.86. The fourth-order valence-electron chi connectivity index (χ4n) is 2.35. The summed E-state index contributed by atoms with van der Waals surface area (Å²) in [6, 6.07) is 19.3. The number of rotatable bonds is 6. The Hall–Kier alpha value is -2.55. The van der Waals surface area contributed by atoms with Gasteiger partial charge in [0.1, 0.15) is 11.5 Å². The summed E-state index contributed by atoms with van der Waals surface area (Å²) in [4.78, 5) is 0. The van der Waals surface area contributed by atoms with E-state index < -0.39 is 7.29 Å². The first-order valence-electron chi connectivity index (χ1n) is 8.14. The summed E-state index contributed by atoms with van der Waals surface area (Å²) in [5, 5.41) is 2.92. The third-order valence-corrected chi connectivity index (χ3v) is 5.49. The van der Waals surface area contributed by atoms with Gasteiger partial charge in [0.2, 0.25) is 7.29 Å². The molecule has 2 aromatic rings. The molecular weight excluding hydrogens is 331 g/mol. The maximum atomic E-state index is 13.4. The van der Waals surface area contributed by atoms with Gasteiger partial charge in [-0.2, -0.15) is 5.20 Å². The first-order valence-corrected chi connectivity index (χ1v) is 9.99. The molecule has 0 saturated carbocycles. The molecule has 0 saturated heterocycles. The standard InChI is InChI=1S/C20H21N2O2P/c1-3-16(2)21-22-25(23)14-19(17-10-6-4-7-11-17)24-20(15-25)18-12-8-5-9-13-18/h4-15,21H,2-3H2,1H3,(H,22,23). The molecule has 128 valence electrons. The van der Waals surface area contributed by atoms with Crippen molar-refractivity contribution in [2.24, 2.45) is 0 Å². The summed E-state index contributed by atoms with van der Waals surface area (Å²) >= 11 is 0. The Morgan fingerprint density at radius 2 is 1.44 bits per heavy atom. The Bertz CT molecular complexity index is 798. The fraction of sp³-hybridized carbons (Fsp3) is 0.100. The third-order valence-electron chi connectivity index (χ3n) is 3.79. The van der Waals surface area contributed by atoms with Crippen LogP contribution in [0.2, 0.25) is 0 Å². The molecule has 1 heterocycles. The molecule has 1 aliphatic heterocycles. The normalized spacial score (nSPS) is 15.6. The first kappa shape index (κ1) is 17.3. The SMILES string of the molecule is C=C(CC)NNP1(=O)C=C(c2ccccc2)OC(c2ccccc2)=C1. The van der Waals surface area contributed by atoms with Crippen molar-refractivity contribution in [1.29, 1.82) is 0 Å². The average Bonchev–Trinajstić information content (AvgIpc) is 2.67. The molecule has 0 radical (unpaired) electrons. The number of benzene rings is 2. The highest BCUT2D eigenvalue weighted by molar-refractivity contribution is 7.68. The van der Waals surface area contributed by atoms with E-state index >= 15 is 0 Å². The van der Waals surface area contributed by atoms with Crippen molar-refractivity contribution in [1.82, 2.24) is 10.6 Å². The van der Waals surface area contributed by atoms with Crippen molar-refractivity contribution in [2.75, 3.05) is 0 Å². The van der Waals surface area contributed by atoms with Crippen LogP contribution in [0.3, 0.4) is 0 Å². The van der Waals surface area contributed by atoms with E-state index in [-0.39, 0.29) is 0 Å². The molecule has 5 heteroatoms. The van der Waals surface area contributed by atoms with E-state index in [0.29, 0.717) is 11.5 Å². The molecule has 25 heavy (non-hydrogen) atoms. The van der Waals surface area contributed by atoms with Gasteiger partial charge in [0.15, 0.2) is 0 Å². The van der Waals surface area contributed by atoms with Crippen LogP contribution in [-0.2, 0) is 9.30 Å². The van der Waals surface area contributed by atoms with Crippen molar-refractivity contribution < 1.29 is 9.30 Å². The fourth-order valence-corrected chi connectivity index (χ4v) is 3.98. The van der Waals surface area contributed by atoms with Gasteiger partial charge in [-0.15, -0.1) is 0 Å². The molecular formula is C20H21N2O2P. The molecule has 2 aromatic carbocycles. The number of hydrazine groups is 1. The monoisotopic (exact) mass is 352 g/mol. The lowest BCUT2D eigenvalue weighted by molar-refractivity contribution is 0.467. The highest BCUT2D eigenvalue weighted by Gasteiger charge is 2.26. The molecule has 0 aromatic heterocycles. The van der Waals surface area contributed by atoms with E-state index in [0.717, 1.165) is 23.2 Å². The molecule has 0 spiro atoms. The summed E-state index contributed by atoms with van der Waals surface area (Å²) < 4.78 is 19.4. The number of hydrogen-bond donors (Lipinski definition) is 2. The van der Waals surface area contributed by atoms with Gasteiger partial charge in [-0.3, -0.25) is 4.57 Å². The largest absolute Gasteiger partial charge is 0.456 e. The van der Waals surface area contributed by atoms with Crippen LogP contribution in [-0.4, -0.2) is 0 Å². The minimum absolute atomic E-state index is 0.571. The van der Waals surface area contributed by atoms with Crippen LogP contribution < -0.4 is 10.6 Å². The molecule has 1 aliphatic rings. The van der Waals surface area contributed by atoms with Crippen molar-refractivity contribution >= 4 is 18.8 Å². The summed E-state index contributed by atoms with van der Waals surface area (Å²) in [5.41, 5.74) is 5.45. The Balaban J connectivity index is 1.98. The van der Waals surface area contributed by atoms with Gasteiger partial charge in [0, 0.05) is 28.5 Å². The molecule has 0 amide bonds. The van der Waals surface area contributed by atoms with E-state index in [1.807, 2.05) is 67.6 Å². The van der Waals surface area contributed by atoms with Crippen molar-refractivity contribution in [2.45, 2.75) is 13.3 Å². The van der Waals surface area contributed by atoms with Gasteiger partial charge in [0.25, 0.3) is 0 Å². The summed E-state index contributed by atoms with van der Waals surface area (Å²) in [7, 11) is -2.99. The molecule has 2 N–H and O–H groups in total. The molecule has 0 fully saturated rings. The van der Waals surface area contributed by atoms with Gasteiger partial charge >= 0.3 is 0 Å². The average molecular weight is 352 g/mol. The molecule has 0 bridgehead atoms. The van der Waals surface area contributed by atoms with Crippen molar-refractivity contribution in [3.8, 4) is 0 Å². The van der Waals surface area contributed by atoms with Gasteiger partial charge < -0.3 is 10.2 Å². The number of allylic oxidation sites excluding steroid dienone is 1. The minimum atomic E-state index is -2.99. The van der Waals surface area contributed by atoms with E-state index in [1.165, 1.54) is 0 Å². The first-order chi connectivity index (χ1) is 12.1. The number of hydrogen-bond acceptors (Lipinski definition) is 3. The minimum Gasteiger partial charge on any atom is -0.456 e. The predicted molar refractivity (Wildman–Crippen MR) is 103 cm³/mol. The topological polar surface area (TPSA) is 50.4 Å². The Labute approximate surface area is 148 Å².